The smallest absolute Gasteiger partial charge is 0.342 e. The monoisotopic (exact) mass is 267 g/mol. The van der Waals surface area contributed by atoms with Crippen LogP contribution in [0, 0.1) is 0 Å². The molecule has 19 heavy (non-hydrogen) atoms. The maximum atomic E-state index is 11.8. The van der Waals surface area contributed by atoms with Crippen molar-refractivity contribution >= 4 is 5.82 Å². The first-order chi connectivity index (χ1) is 9.20. The minimum Gasteiger partial charge on any atom is -0.349 e. The summed E-state index contributed by atoms with van der Waals surface area (Å²) >= 11 is 0. The SMILES string of the molecule is CCCCN(CC1CCCN1)c1n[nH]c(=O)[nH]c1=O. The maximum absolute atomic E-state index is 11.8. The van der Waals surface area contributed by atoms with E-state index in [2.05, 4.69) is 27.4 Å². The van der Waals surface area contributed by atoms with Gasteiger partial charge in [-0.15, -0.1) is 5.10 Å². The number of hydrogen-bond acceptors (Lipinski definition) is 5. The quantitative estimate of drug-likeness (QED) is 0.664. The highest BCUT2D eigenvalue weighted by atomic mass is 16.2. The number of anilines is 1. The highest BCUT2D eigenvalue weighted by molar-refractivity contribution is 5.34. The zero-order valence-electron chi connectivity index (χ0n) is 11.2. The summed E-state index contributed by atoms with van der Waals surface area (Å²) in [5, 5.41) is 9.60. The van der Waals surface area contributed by atoms with E-state index in [4.69, 9.17) is 0 Å². The van der Waals surface area contributed by atoms with Gasteiger partial charge in [0.25, 0.3) is 5.56 Å². The normalized spacial score (nSPS) is 18.7. The predicted molar refractivity (Wildman–Crippen MR) is 73.6 cm³/mol. The van der Waals surface area contributed by atoms with Crippen molar-refractivity contribution < 1.29 is 0 Å². The molecule has 0 saturated carbocycles. The van der Waals surface area contributed by atoms with Crippen LogP contribution in [-0.4, -0.2) is 40.9 Å². The number of unbranched alkanes of at least 4 members (excludes halogenated alkanes) is 1. The van der Waals surface area contributed by atoms with Crippen LogP contribution in [-0.2, 0) is 0 Å². The van der Waals surface area contributed by atoms with Crippen molar-refractivity contribution in [3.63, 3.8) is 0 Å². The number of nitrogens with one attached hydrogen (secondary N) is 3. The molecular weight excluding hydrogens is 246 g/mol. The molecule has 1 aromatic rings. The molecule has 1 aliphatic rings. The van der Waals surface area contributed by atoms with Crippen molar-refractivity contribution in [1.82, 2.24) is 20.5 Å². The van der Waals surface area contributed by atoms with E-state index < -0.39 is 11.2 Å². The molecule has 0 aliphatic carbocycles. The van der Waals surface area contributed by atoms with Crippen molar-refractivity contribution in [2.75, 3.05) is 24.5 Å². The number of aromatic amines is 2. The van der Waals surface area contributed by atoms with Crippen molar-refractivity contribution in [1.29, 1.82) is 0 Å². The molecule has 0 spiro atoms. The van der Waals surface area contributed by atoms with E-state index >= 15 is 0 Å². The van der Waals surface area contributed by atoms with E-state index in [0.717, 1.165) is 38.9 Å². The van der Waals surface area contributed by atoms with Crippen LogP contribution in [0.15, 0.2) is 9.59 Å². The van der Waals surface area contributed by atoms with Crippen LogP contribution in [0.3, 0.4) is 0 Å². The molecule has 0 bridgehead atoms. The summed E-state index contributed by atoms with van der Waals surface area (Å²) in [6.45, 7) is 4.66. The van der Waals surface area contributed by atoms with Gasteiger partial charge in [-0.1, -0.05) is 13.3 Å². The first kappa shape index (κ1) is 13.8. The molecule has 106 valence electrons. The third-order valence-electron chi connectivity index (χ3n) is 3.38. The van der Waals surface area contributed by atoms with Gasteiger partial charge in [0.15, 0.2) is 0 Å². The Morgan fingerprint density at radius 1 is 1.42 bits per heavy atom. The Balaban J connectivity index is 2.15. The number of hydrogen-bond donors (Lipinski definition) is 3. The first-order valence-corrected chi connectivity index (χ1v) is 6.88. The summed E-state index contributed by atoms with van der Waals surface area (Å²) in [5.74, 6) is 0.307. The molecule has 1 atom stereocenters. The summed E-state index contributed by atoms with van der Waals surface area (Å²) in [7, 11) is 0. The van der Waals surface area contributed by atoms with Crippen LogP contribution in [0.1, 0.15) is 32.6 Å². The summed E-state index contributed by atoms with van der Waals surface area (Å²) in [6, 6.07) is 0.394. The molecule has 1 aliphatic heterocycles. The van der Waals surface area contributed by atoms with Gasteiger partial charge in [0.05, 0.1) is 0 Å². The molecule has 0 amide bonds. The molecule has 1 unspecified atom stereocenters. The summed E-state index contributed by atoms with van der Waals surface area (Å²) in [4.78, 5) is 27.0. The van der Waals surface area contributed by atoms with E-state index in [-0.39, 0.29) is 0 Å². The van der Waals surface area contributed by atoms with E-state index in [1.54, 1.807) is 0 Å². The van der Waals surface area contributed by atoms with Crippen molar-refractivity contribution in [3.05, 3.63) is 20.8 Å². The average molecular weight is 267 g/mol. The lowest BCUT2D eigenvalue weighted by atomic mass is 10.2. The molecular formula is C12H21N5O2. The minimum atomic E-state index is -0.566. The number of nitrogens with zero attached hydrogens (tertiary/aromatic N) is 2. The zero-order chi connectivity index (χ0) is 13.7. The van der Waals surface area contributed by atoms with E-state index in [9.17, 15) is 9.59 Å². The van der Waals surface area contributed by atoms with Gasteiger partial charge in [0.1, 0.15) is 0 Å². The Labute approximate surface area is 111 Å². The second-order valence-electron chi connectivity index (χ2n) is 4.92. The van der Waals surface area contributed by atoms with E-state index in [0.29, 0.717) is 11.9 Å². The van der Waals surface area contributed by atoms with Crippen LogP contribution in [0.5, 0.6) is 0 Å². The van der Waals surface area contributed by atoms with Crippen LogP contribution < -0.4 is 21.5 Å². The molecule has 1 fully saturated rings. The largest absolute Gasteiger partial charge is 0.349 e. The molecule has 2 rings (SSSR count). The summed E-state index contributed by atoms with van der Waals surface area (Å²) in [5.41, 5.74) is -0.985. The van der Waals surface area contributed by atoms with Crippen LogP contribution in [0.2, 0.25) is 0 Å². The molecule has 3 N–H and O–H groups in total. The molecule has 0 aromatic carbocycles. The highest BCUT2D eigenvalue weighted by Crippen LogP contribution is 2.11. The second kappa shape index (κ2) is 6.51. The lowest BCUT2D eigenvalue weighted by Gasteiger charge is -2.25. The molecule has 1 saturated heterocycles. The van der Waals surface area contributed by atoms with Gasteiger partial charge < -0.3 is 10.2 Å². The van der Waals surface area contributed by atoms with Gasteiger partial charge in [0, 0.05) is 19.1 Å². The van der Waals surface area contributed by atoms with Gasteiger partial charge in [-0.3, -0.25) is 9.78 Å². The van der Waals surface area contributed by atoms with Gasteiger partial charge in [-0.2, -0.15) is 0 Å². The second-order valence-corrected chi connectivity index (χ2v) is 4.92. The Morgan fingerprint density at radius 3 is 2.89 bits per heavy atom. The van der Waals surface area contributed by atoms with Gasteiger partial charge >= 0.3 is 5.69 Å². The topological polar surface area (TPSA) is 93.9 Å². The molecule has 1 aromatic heterocycles. The minimum absolute atomic E-state index is 0.307. The fraction of sp³-hybridized carbons (Fsp3) is 0.750. The van der Waals surface area contributed by atoms with Crippen LogP contribution in [0.4, 0.5) is 5.82 Å². The number of rotatable bonds is 6. The van der Waals surface area contributed by atoms with Gasteiger partial charge in [-0.05, 0) is 25.8 Å². The van der Waals surface area contributed by atoms with Crippen LogP contribution >= 0.6 is 0 Å². The first-order valence-electron chi connectivity index (χ1n) is 6.88. The van der Waals surface area contributed by atoms with E-state index in [1.807, 2.05) is 4.90 Å². The summed E-state index contributed by atoms with van der Waals surface area (Å²) in [6.07, 6.45) is 4.33. The maximum Gasteiger partial charge on any atom is 0.342 e. The molecule has 0 radical (unpaired) electrons. The fourth-order valence-corrected chi connectivity index (χ4v) is 2.37. The standard InChI is InChI=1S/C12H21N5O2/c1-2-3-7-17(8-9-5-4-6-13-9)10-11(18)14-12(19)16-15-10/h9,13H,2-8H2,1H3,(H2,14,16,18,19). The fourth-order valence-electron chi connectivity index (χ4n) is 2.37. The zero-order valence-corrected chi connectivity index (χ0v) is 11.2. The van der Waals surface area contributed by atoms with Crippen LogP contribution in [0.25, 0.3) is 0 Å². The average Bonchev–Trinajstić information content (AvgIpc) is 2.88. The van der Waals surface area contributed by atoms with Crippen molar-refractivity contribution in [2.24, 2.45) is 0 Å². The Kier molecular flexibility index (Phi) is 4.73. The summed E-state index contributed by atoms with van der Waals surface area (Å²) < 4.78 is 0. The highest BCUT2D eigenvalue weighted by Gasteiger charge is 2.20. The lowest BCUT2D eigenvalue weighted by molar-refractivity contribution is 0.564. The van der Waals surface area contributed by atoms with E-state index in [1.165, 1.54) is 6.42 Å². The van der Waals surface area contributed by atoms with Crippen molar-refractivity contribution in [2.45, 2.75) is 38.6 Å². The third kappa shape index (κ3) is 3.66. The Morgan fingerprint density at radius 2 is 2.26 bits per heavy atom. The Hall–Kier alpha value is -1.63. The molecule has 7 heteroatoms. The lowest BCUT2D eigenvalue weighted by Crippen LogP contribution is -2.42. The number of aromatic nitrogens is 3. The van der Waals surface area contributed by atoms with Crippen molar-refractivity contribution in [3.8, 4) is 0 Å². The Bertz CT molecular complexity index is 503. The van der Waals surface area contributed by atoms with Gasteiger partial charge in [-0.25, -0.2) is 9.89 Å². The van der Waals surface area contributed by atoms with Gasteiger partial charge in [0.2, 0.25) is 5.82 Å². The predicted octanol–water partition coefficient (Wildman–Crippen LogP) is -0.183. The molecule has 7 nitrogen and oxygen atoms in total. The number of H-pyrrole nitrogens is 2. The molecule has 2 heterocycles. The third-order valence-corrected chi connectivity index (χ3v) is 3.38.